The van der Waals surface area contributed by atoms with Crippen molar-refractivity contribution in [3.8, 4) is 5.75 Å². The van der Waals surface area contributed by atoms with Crippen LogP contribution >= 0.6 is 15.9 Å². The summed E-state index contributed by atoms with van der Waals surface area (Å²) in [6.07, 6.45) is 1.08. The first-order valence-corrected chi connectivity index (χ1v) is 7.93. The molecule has 0 saturated heterocycles. The Labute approximate surface area is 131 Å². The van der Waals surface area contributed by atoms with Crippen LogP contribution in [0.5, 0.6) is 5.75 Å². The fourth-order valence-corrected chi connectivity index (χ4v) is 2.53. The van der Waals surface area contributed by atoms with Crippen LogP contribution < -0.4 is 10.1 Å². The summed E-state index contributed by atoms with van der Waals surface area (Å²) in [5.74, 6) is 0.908. The summed E-state index contributed by atoms with van der Waals surface area (Å²) in [6.45, 7) is 9.87. The number of methoxy groups -OCH3 is 1. The number of halogens is 1. The monoisotopic (exact) mass is 343 g/mol. The van der Waals surface area contributed by atoms with E-state index in [0.29, 0.717) is 6.61 Å². The summed E-state index contributed by atoms with van der Waals surface area (Å²) in [5, 5.41) is 3.40. The zero-order valence-corrected chi connectivity index (χ0v) is 14.5. The van der Waals surface area contributed by atoms with E-state index in [-0.39, 0.29) is 5.41 Å². The standard InChI is InChI=1S/C16H26BrNO2/c1-5-20-15-7-6-13(12-14(15)17)16(2,3)8-9-18-10-11-19-4/h6-7,12,18H,5,8-11H2,1-4H3. The van der Waals surface area contributed by atoms with E-state index in [9.17, 15) is 0 Å². The van der Waals surface area contributed by atoms with Gasteiger partial charge in [0.1, 0.15) is 5.75 Å². The van der Waals surface area contributed by atoms with Crippen LogP contribution in [0.2, 0.25) is 0 Å². The number of nitrogens with one attached hydrogen (secondary N) is 1. The molecule has 3 nitrogen and oxygen atoms in total. The van der Waals surface area contributed by atoms with Crippen molar-refractivity contribution in [3.05, 3.63) is 28.2 Å². The minimum Gasteiger partial charge on any atom is -0.493 e. The summed E-state index contributed by atoms with van der Waals surface area (Å²) < 4.78 is 11.6. The Hall–Kier alpha value is -0.580. The van der Waals surface area contributed by atoms with E-state index in [1.54, 1.807) is 7.11 Å². The minimum absolute atomic E-state index is 0.132. The summed E-state index contributed by atoms with van der Waals surface area (Å²) >= 11 is 3.59. The Morgan fingerprint density at radius 2 is 2.00 bits per heavy atom. The lowest BCUT2D eigenvalue weighted by molar-refractivity contribution is 0.198. The fourth-order valence-electron chi connectivity index (χ4n) is 2.04. The third-order valence-corrected chi connectivity index (χ3v) is 4.04. The zero-order chi connectivity index (χ0) is 15.0. The van der Waals surface area contributed by atoms with Crippen LogP contribution in [0.25, 0.3) is 0 Å². The van der Waals surface area contributed by atoms with Gasteiger partial charge in [-0.25, -0.2) is 0 Å². The molecule has 0 heterocycles. The first-order valence-electron chi connectivity index (χ1n) is 7.13. The van der Waals surface area contributed by atoms with Crippen molar-refractivity contribution in [1.82, 2.24) is 5.32 Å². The molecule has 0 aliphatic heterocycles. The predicted octanol–water partition coefficient (Wildman–Crippen LogP) is 3.75. The van der Waals surface area contributed by atoms with Crippen molar-refractivity contribution in [3.63, 3.8) is 0 Å². The van der Waals surface area contributed by atoms with Gasteiger partial charge < -0.3 is 14.8 Å². The van der Waals surface area contributed by atoms with Gasteiger partial charge in [-0.3, -0.25) is 0 Å². The Kier molecular flexibility index (Phi) is 7.56. The van der Waals surface area contributed by atoms with Gasteiger partial charge in [0.2, 0.25) is 0 Å². The first-order chi connectivity index (χ1) is 9.51. The molecule has 0 aromatic heterocycles. The molecule has 0 saturated carbocycles. The summed E-state index contributed by atoms with van der Waals surface area (Å²) in [6, 6.07) is 6.37. The average Bonchev–Trinajstić information content (AvgIpc) is 2.41. The number of rotatable bonds is 9. The Morgan fingerprint density at radius 3 is 2.60 bits per heavy atom. The van der Waals surface area contributed by atoms with Crippen LogP contribution in [0, 0.1) is 0 Å². The molecular formula is C16H26BrNO2. The van der Waals surface area contributed by atoms with Gasteiger partial charge in [0.05, 0.1) is 17.7 Å². The highest BCUT2D eigenvalue weighted by molar-refractivity contribution is 9.10. The third kappa shape index (κ3) is 5.43. The van der Waals surface area contributed by atoms with Gasteiger partial charge in [-0.15, -0.1) is 0 Å². The van der Waals surface area contributed by atoms with E-state index in [4.69, 9.17) is 9.47 Å². The molecule has 1 rings (SSSR count). The van der Waals surface area contributed by atoms with Crippen LogP contribution in [0.3, 0.4) is 0 Å². The zero-order valence-electron chi connectivity index (χ0n) is 13.0. The van der Waals surface area contributed by atoms with Crippen LogP contribution in [-0.2, 0) is 10.2 Å². The van der Waals surface area contributed by atoms with Crippen molar-refractivity contribution in [2.75, 3.05) is 33.4 Å². The minimum atomic E-state index is 0.132. The molecule has 0 radical (unpaired) electrons. The van der Waals surface area contributed by atoms with E-state index in [0.717, 1.165) is 36.3 Å². The van der Waals surface area contributed by atoms with Crippen LogP contribution in [-0.4, -0.2) is 33.4 Å². The van der Waals surface area contributed by atoms with Gasteiger partial charge >= 0.3 is 0 Å². The largest absolute Gasteiger partial charge is 0.493 e. The molecule has 0 fully saturated rings. The predicted molar refractivity (Wildman–Crippen MR) is 87.7 cm³/mol. The van der Waals surface area contributed by atoms with E-state index < -0.39 is 0 Å². The quantitative estimate of drug-likeness (QED) is 0.692. The lowest BCUT2D eigenvalue weighted by atomic mass is 9.81. The molecular weight excluding hydrogens is 318 g/mol. The topological polar surface area (TPSA) is 30.5 Å². The van der Waals surface area contributed by atoms with Crippen molar-refractivity contribution in [2.45, 2.75) is 32.6 Å². The van der Waals surface area contributed by atoms with Gasteiger partial charge in [-0.1, -0.05) is 19.9 Å². The second-order valence-electron chi connectivity index (χ2n) is 5.45. The fraction of sp³-hybridized carbons (Fsp3) is 0.625. The third-order valence-electron chi connectivity index (χ3n) is 3.42. The molecule has 114 valence electrons. The molecule has 0 aliphatic rings. The van der Waals surface area contributed by atoms with Gasteiger partial charge in [0.15, 0.2) is 0 Å². The van der Waals surface area contributed by atoms with Crippen LogP contribution in [0.1, 0.15) is 32.8 Å². The number of ether oxygens (including phenoxy) is 2. The average molecular weight is 344 g/mol. The Bertz CT molecular complexity index is 407. The maximum Gasteiger partial charge on any atom is 0.133 e. The van der Waals surface area contributed by atoms with Crippen molar-refractivity contribution >= 4 is 15.9 Å². The van der Waals surface area contributed by atoms with Crippen LogP contribution in [0.15, 0.2) is 22.7 Å². The van der Waals surface area contributed by atoms with Crippen LogP contribution in [0.4, 0.5) is 0 Å². The molecule has 1 N–H and O–H groups in total. The maximum absolute atomic E-state index is 5.56. The molecule has 0 spiro atoms. The molecule has 0 unspecified atom stereocenters. The van der Waals surface area contributed by atoms with E-state index in [1.165, 1.54) is 5.56 Å². The van der Waals surface area contributed by atoms with E-state index in [2.05, 4.69) is 47.2 Å². The summed E-state index contributed by atoms with van der Waals surface area (Å²) in [4.78, 5) is 0. The molecule has 0 amide bonds. The molecule has 0 atom stereocenters. The smallest absolute Gasteiger partial charge is 0.133 e. The maximum atomic E-state index is 5.56. The second kappa shape index (κ2) is 8.65. The highest BCUT2D eigenvalue weighted by atomic mass is 79.9. The lowest BCUT2D eigenvalue weighted by Gasteiger charge is -2.26. The molecule has 1 aromatic rings. The molecule has 20 heavy (non-hydrogen) atoms. The number of hydrogen-bond donors (Lipinski definition) is 1. The van der Waals surface area contributed by atoms with Crippen molar-refractivity contribution in [1.29, 1.82) is 0 Å². The summed E-state index contributed by atoms with van der Waals surface area (Å²) in [7, 11) is 1.73. The van der Waals surface area contributed by atoms with E-state index >= 15 is 0 Å². The Balaban J connectivity index is 2.60. The van der Waals surface area contributed by atoms with Gasteiger partial charge in [-0.2, -0.15) is 0 Å². The normalized spacial score (nSPS) is 11.7. The molecule has 4 heteroatoms. The lowest BCUT2D eigenvalue weighted by Crippen LogP contribution is -2.27. The van der Waals surface area contributed by atoms with Gasteiger partial charge in [0, 0.05) is 13.7 Å². The highest BCUT2D eigenvalue weighted by Crippen LogP contribution is 2.33. The van der Waals surface area contributed by atoms with Crippen molar-refractivity contribution in [2.24, 2.45) is 0 Å². The summed E-state index contributed by atoms with van der Waals surface area (Å²) in [5.41, 5.74) is 1.45. The van der Waals surface area contributed by atoms with Crippen molar-refractivity contribution < 1.29 is 9.47 Å². The Morgan fingerprint density at radius 1 is 1.25 bits per heavy atom. The first kappa shape index (κ1) is 17.5. The molecule has 1 aromatic carbocycles. The SMILES string of the molecule is CCOc1ccc(C(C)(C)CCNCCOC)cc1Br. The molecule has 0 aliphatic carbocycles. The second-order valence-corrected chi connectivity index (χ2v) is 6.31. The van der Waals surface area contributed by atoms with Gasteiger partial charge in [-0.05, 0) is 58.9 Å². The van der Waals surface area contributed by atoms with Gasteiger partial charge in [0.25, 0.3) is 0 Å². The highest BCUT2D eigenvalue weighted by Gasteiger charge is 2.21. The number of benzene rings is 1. The number of hydrogen-bond acceptors (Lipinski definition) is 3. The van der Waals surface area contributed by atoms with E-state index in [1.807, 2.05) is 13.0 Å². The molecule has 0 bridgehead atoms.